The molecule has 8 atom stereocenters. The molecule has 0 heterocycles. The van der Waals surface area contributed by atoms with E-state index in [0.717, 1.165) is 19.4 Å². The number of carbonyl (C=O) groups excluding carboxylic acids is 2. The van der Waals surface area contributed by atoms with Crippen LogP contribution >= 0.6 is 0 Å². The predicted octanol–water partition coefficient (Wildman–Crippen LogP) is 6.71. The van der Waals surface area contributed by atoms with Crippen LogP contribution in [0.1, 0.15) is 86.5 Å². The highest BCUT2D eigenvalue weighted by Gasteiger charge is 2.71. The van der Waals surface area contributed by atoms with Crippen LogP contribution in [0, 0.1) is 34.5 Å². The van der Waals surface area contributed by atoms with E-state index in [2.05, 4.69) is 53.8 Å². The van der Waals surface area contributed by atoms with Gasteiger partial charge in [0.25, 0.3) is 0 Å². The molecule has 0 spiro atoms. The summed E-state index contributed by atoms with van der Waals surface area (Å²) in [5.74, 6) is 1.73. The number of esters is 1. The number of hydrogen-bond donors (Lipinski definition) is 0. The van der Waals surface area contributed by atoms with Gasteiger partial charge < -0.3 is 13.9 Å². The highest BCUT2D eigenvalue weighted by atomic mass is 28.4. The molecule has 4 aliphatic carbocycles. The maximum absolute atomic E-state index is 13.3. The van der Waals surface area contributed by atoms with Gasteiger partial charge in [-0.1, -0.05) is 46.3 Å². The van der Waals surface area contributed by atoms with E-state index in [1.54, 1.807) is 7.11 Å². The molecule has 36 heavy (non-hydrogen) atoms. The average Bonchev–Trinajstić information content (AvgIpc) is 3.28. The lowest BCUT2D eigenvalue weighted by molar-refractivity contribution is -0.154. The fourth-order valence-electron chi connectivity index (χ4n) is 7.91. The van der Waals surface area contributed by atoms with Gasteiger partial charge in [-0.25, -0.2) is 0 Å². The summed E-state index contributed by atoms with van der Waals surface area (Å²) < 4.78 is 18.0. The van der Waals surface area contributed by atoms with Crippen molar-refractivity contribution in [3.05, 3.63) is 11.6 Å². The van der Waals surface area contributed by atoms with Gasteiger partial charge in [-0.05, 0) is 92.2 Å². The first-order valence-electron chi connectivity index (χ1n) is 14.3. The SMILES string of the molecule is COC(C=C1CCC[C@@]2(C)C1CCC2[C@H](C)CO[Si](C)(C)C(C)(C)C)C12CC1C[C@H](OC(C)=O)C2=O. The monoisotopic (exact) mass is 518 g/mol. The fourth-order valence-corrected chi connectivity index (χ4v) is 9.02. The zero-order chi connectivity index (χ0) is 26.7. The summed E-state index contributed by atoms with van der Waals surface area (Å²) in [6.07, 6.45) is 9.06. The number of ketones is 1. The Bertz CT molecular complexity index is 904. The van der Waals surface area contributed by atoms with Crippen molar-refractivity contribution in [1.82, 2.24) is 0 Å². The van der Waals surface area contributed by atoms with Crippen molar-refractivity contribution < 1.29 is 23.5 Å². The molecular formula is C30H50O5Si. The molecule has 0 aliphatic heterocycles. The molecule has 0 amide bonds. The Labute approximate surface area is 220 Å². The first-order valence-corrected chi connectivity index (χ1v) is 17.2. The molecule has 6 heteroatoms. The van der Waals surface area contributed by atoms with E-state index >= 15 is 0 Å². The molecule has 4 rings (SSSR count). The lowest BCUT2D eigenvalue weighted by Crippen LogP contribution is -2.43. The van der Waals surface area contributed by atoms with Crippen LogP contribution in [0.3, 0.4) is 0 Å². The van der Waals surface area contributed by atoms with Gasteiger partial charge >= 0.3 is 5.97 Å². The second-order valence-corrected chi connectivity index (χ2v) is 19.0. The van der Waals surface area contributed by atoms with Crippen LogP contribution in [0.4, 0.5) is 0 Å². The Morgan fingerprint density at radius 3 is 2.56 bits per heavy atom. The molecule has 5 nitrogen and oxygen atoms in total. The molecule has 0 saturated heterocycles. The van der Waals surface area contributed by atoms with Crippen molar-refractivity contribution in [3.8, 4) is 0 Å². The first kappa shape index (κ1) is 28.0. The number of rotatable bonds is 8. The minimum absolute atomic E-state index is 0.0747. The van der Waals surface area contributed by atoms with Crippen LogP contribution in [0.5, 0.6) is 0 Å². The summed E-state index contributed by atoms with van der Waals surface area (Å²) in [5.41, 5.74) is 1.29. The largest absolute Gasteiger partial charge is 0.455 e. The van der Waals surface area contributed by atoms with Gasteiger partial charge in [0, 0.05) is 20.6 Å². The standard InChI is InChI=1S/C30H50O5Si/c1-19(18-34-36(8,9)28(3,4)5)23-12-13-24-21(11-10-14-29(23,24)6)15-26(33-7)30-17-22(30)16-25(27(30)32)35-20(2)31/h15,19,22-26H,10-14,16-18H2,1-9H3/t19-,22?,23?,24?,25+,26?,29-,30?/m1/s1. The van der Waals surface area contributed by atoms with Gasteiger partial charge in [0.05, 0.1) is 11.5 Å². The van der Waals surface area contributed by atoms with Gasteiger partial charge in [-0.15, -0.1) is 0 Å². The van der Waals surface area contributed by atoms with E-state index < -0.39 is 19.8 Å². The molecule has 5 unspecified atom stereocenters. The highest BCUT2D eigenvalue weighted by molar-refractivity contribution is 6.74. The van der Waals surface area contributed by atoms with E-state index in [1.165, 1.54) is 38.2 Å². The van der Waals surface area contributed by atoms with E-state index in [1.807, 2.05) is 0 Å². The minimum atomic E-state index is -1.76. The third-order valence-corrected chi connectivity index (χ3v) is 15.6. The smallest absolute Gasteiger partial charge is 0.303 e. The van der Waals surface area contributed by atoms with E-state index in [9.17, 15) is 9.59 Å². The Morgan fingerprint density at radius 1 is 1.25 bits per heavy atom. The van der Waals surface area contributed by atoms with Crippen LogP contribution in [-0.4, -0.2) is 46.0 Å². The van der Waals surface area contributed by atoms with Crippen molar-refractivity contribution in [2.75, 3.05) is 13.7 Å². The van der Waals surface area contributed by atoms with Crippen LogP contribution in [0.15, 0.2) is 11.6 Å². The zero-order valence-corrected chi connectivity index (χ0v) is 25.2. The van der Waals surface area contributed by atoms with Crippen molar-refractivity contribution >= 4 is 20.1 Å². The van der Waals surface area contributed by atoms with E-state index in [0.29, 0.717) is 24.2 Å². The predicted molar refractivity (Wildman–Crippen MR) is 145 cm³/mol. The van der Waals surface area contributed by atoms with E-state index in [4.69, 9.17) is 13.9 Å². The van der Waals surface area contributed by atoms with Gasteiger partial charge in [0.15, 0.2) is 20.2 Å². The van der Waals surface area contributed by atoms with Crippen molar-refractivity contribution in [3.63, 3.8) is 0 Å². The topological polar surface area (TPSA) is 61.8 Å². The van der Waals surface area contributed by atoms with Crippen molar-refractivity contribution in [1.29, 1.82) is 0 Å². The number of hydrogen-bond acceptors (Lipinski definition) is 5. The number of carbonyl (C=O) groups is 2. The van der Waals surface area contributed by atoms with Crippen LogP contribution < -0.4 is 0 Å². The molecule has 4 saturated carbocycles. The number of methoxy groups -OCH3 is 1. The van der Waals surface area contributed by atoms with Crippen LogP contribution in [0.25, 0.3) is 0 Å². The lowest BCUT2D eigenvalue weighted by atomic mass is 9.61. The molecule has 0 aromatic carbocycles. The number of Topliss-reactive ketones (excluding diaryl/α,β-unsaturated/α-hetero) is 1. The van der Waals surface area contributed by atoms with E-state index in [-0.39, 0.29) is 34.2 Å². The van der Waals surface area contributed by atoms with Gasteiger partial charge in [0.1, 0.15) is 0 Å². The fraction of sp³-hybridized carbons (Fsp3) is 0.867. The Kier molecular flexibility index (Phi) is 7.51. The maximum Gasteiger partial charge on any atom is 0.303 e. The zero-order valence-electron chi connectivity index (χ0n) is 24.2. The molecule has 0 N–H and O–H groups in total. The Morgan fingerprint density at radius 2 is 1.94 bits per heavy atom. The number of allylic oxidation sites excluding steroid dienone is 1. The third kappa shape index (κ3) is 4.68. The van der Waals surface area contributed by atoms with Crippen molar-refractivity contribution in [2.45, 2.75) is 117 Å². The second kappa shape index (κ2) is 9.64. The van der Waals surface area contributed by atoms with Gasteiger partial charge in [-0.2, -0.15) is 0 Å². The Balaban J connectivity index is 1.49. The maximum atomic E-state index is 13.3. The van der Waals surface area contributed by atoms with Crippen LogP contribution in [0.2, 0.25) is 18.1 Å². The van der Waals surface area contributed by atoms with Crippen molar-refractivity contribution in [2.24, 2.45) is 34.5 Å². The summed E-state index contributed by atoms with van der Waals surface area (Å²) >= 11 is 0. The summed E-state index contributed by atoms with van der Waals surface area (Å²) in [7, 11) is -0.0253. The van der Waals surface area contributed by atoms with Gasteiger partial charge in [-0.3, -0.25) is 9.59 Å². The summed E-state index contributed by atoms with van der Waals surface area (Å²) in [6, 6.07) is 0. The molecule has 4 fully saturated rings. The first-order chi connectivity index (χ1) is 16.7. The average molecular weight is 519 g/mol. The Hall–Kier alpha value is -0.983. The number of ether oxygens (including phenoxy) is 2. The molecular weight excluding hydrogens is 468 g/mol. The lowest BCUT2D eigenvalue weighted by Gasteiger charge is -2.45. The summed E-state index contributed by atoms with van der Waals surface area (Å²) in [4.78, 5) is 24.8. The van der Waals surface area contributed by atoms with Gasteiger partial charge in [0.2, 0.25) is 0 Å². The highest BCUT2D eigenvalue weighted by Crippen LogP contribution is 2.66. The molecule has 0 radical (unpaired) electrons. The molecule has 0 aromatic rings. The van der Waals surface area contributed by atoms with Crippen LogP contribution in [-0.2, 0) is 23.5 Å². The molecule has 204 valence electrons. The number of fused-ring (bicyclic) bond motifs is 2. The third-order valence-electron chi connectivity index (χ3n) is 11.1. The summed E-state index contributed by atoms with van der Waals surface area (Å²) in [6.45, 7) is 18.8. The molecule has 0 bridgehead atoms. The molecule has 0 aromatic heterocycles. The minimum Gasteiger partial charge on any atom is -0.455 e. The normalized spacial score (nSPS) is 39.0. The quantitative estimate of drug-likeness (QED) is 0.203. The second-order valence-electron chi connectivity index (χ2n) is 14.2. The molecule has 4 aliphatic rings. The summed E-state index contributed by atoms with van der Waals surface area (Å²) in [5, 5.41) is 0.233.